The molecule has 0 fully saturated rings. The number of hydrogen-bond donors (Lipinski definition) is 0. The summed E-state index contributed by atoms with van der Waals surface area (Å²) in [4.78, 5) is 12.8. The summed E-state index contributed by atoms with van der Waals surface area (Å²) < 4.78 is 0. The van der Waals surface area contributed by atoms with Crippen molar-refractivity contribution in [1.29, 1.82) is 0 Å². The molecule has 2 aliphatic rings. The number of hydrogen-bond acceptors (Lipinski definition) is 3. The Balaban J connectivity index is 1.27. The monoisotopic (exact) mass is 552 g/mol. The molecule has 3 heteroatoms. The lowest BCUT2D eigenvalue weighted by Crippen LogP contribution is -2.31. The number of fused-ring (bicyclic) bond motifs is 6. The standard InChI is InChI=1S/C39H24N2S/c1-2-11-25(12-3-1)37-30-14-5-8-18-33(30)40-38(41-37)26-21-23-27(24-22-26)39-31-16-6-4-13-28(31)29-15-10-20-35(36(29)39)42-34-19-9-7-17-32(34)39/h1-24H. The number of rotatable bonds is 3. The van der Waals surface area contributed by atoms with Gasteiger partial charge < -0.3 is 0 Å². The van der Waals surface area contributed by atoms with Crippen LogP contribution in [0.15, 0.2) is 155 Å². The zero-order chi connectivity index (χ0) is 27.7. The van der Waals surface area contributed by atoms with Crippen molar-refractivity contribution in [3.63, 3.8) is 0 Å². The van der Waals surface area contributed by atoms with Crippen molar-refractivity contribution in [2.24, 2.45) is 0 Å². The molecular weight excluding hydrogens is 529 g/mol. The minimum absolute atomic E-state index is 0.373. The third-order valence-electron chi connectivity index (χ3n) is 8.76. The van der Waals surface area contributed by atoms with Gasteiger partial charge in [-0.05, 0) is 51.6 Å². The van der Waals surface area contributed by atoms with Gasteiger partial charge in [0.15, 0.2) is 5.82 Å². The first-order valence-electron chi connectivity index (χ1n) is 14.3. The lowest BCUT2D eigenvalue weighted by Gasteiger charge is -2.39. The van der Waals surface area contributed by atoms with Crippen LogP contribution in [-0.4, -0.2) is 9.97 Å². The predicted molar refractivity (Wildman–Crippen MR) is 172 cm³/mol. The van der Waals surface area contributed by atoms with Crippen LogP contribution >= 0.6 is 11.8 Å². The Morgan fingerprint density at radius 2 is 1.17 bits per heavy atom. The van der Waals surface area contributed by atoms with Gasteiger partial charge in [0.25, 0.3) is 0 Å². The van der Waals surface area contributed by atoms with Crippen molar-refractivity contribution in [3.8, 4) is 33.8 Å². The van der Waals surface area contributed by atoms with Crippen molar-refractivity contribution in [1.82, 2.24) is 9.97 Å². The predicted octanol–water partition coefficient (Wildman–Crippen LogP) is 9.79. The Morgan fingerprint density at radius 1 is 0.476 bits per heavy atom. The molecule has 0 spiro atoms. The van der Waals surface area contributed by atoms with Crippen molar-refractivity contribution in [3.05, 3.63) is 168 Å². The summed E-state index contributed by atoms with van der Waals surface area (Å²) in [5.74, 6) is 0.740. The molecule has 0 N–H and O–H groups in total. The molecule has 0 radical (unpaired) electrons. The second-order valence-corrected chi connectivity index (χ2v) is 12.0. The van der Waals surface area contributed by atoms with E-state index in [4.69, 9.17) is 9.97 Å². The fourth-order valence-electron chi connectivity index (χ4n) is 7.02. The van der Waals surface area contributed by atoms with Gasteiger partial charge in [0, 0.05) is 26.3 Å². The van der Waals surface area contributed by atoms with Crippen molar-refractivity contribution in [2.75, 3.05) is 0 Å². The van der Waals surface area contributed by atoms with Gasteiger partial charge in [0.05, 0.1) is 16.6 Å². The highest BCUT2D eigenvalue weighted by Crippen LogP contribution is 2.63. The number of para-hydroxylation sites is 1. The second kappa shape index (κ2) is 9.01. The van der Waals surface area contributed by atoms with Gasteiger partial charge in [-0.2, -0.15) is 0 Å². The van der Waals surface area contributed by atoms with E-state index in [1.807, 2.05) is 23.9 Å². The molecule has 42 heavy (non-hydrogen) atoms. The molecule has 1 unspecified atom stereocenters. The summed E-state index contributed by atoms with van der Waals surface area (Å²) in [6.07, 6.45) is 0. The van der Waals surface area contributed by atoms with E-state index in [1.165, 1.54) is 43.2 Å². The molecule has 1 aliphatic carbocycles. The summed E-state index contributed by atoms with van der Waals surface area (Å²) in [5.41, 5.74) is 11.7. The molecule has 0 saturated carbocycles. The average molecular weight is 553 g/mol. The number of aromatic nitrogens is 2. The van der Waals surface area contributed by atoms with E-state index in [1.54, 1.807) is 0 Å². The van der Waals surface area contributed by atoms with Gasteiger partial charge in [-0.3, -0.25) is 0 Å². The topological polar surface area (TPSA) is 25.8 Å². The van der Waals surface area contributed by atoms with Crippen molar-refractivity contribution in [2.45, 2.75) is 15.2 Å². The van der Waals surface area contributed by atoms with E-state index in [0.29, 0.717) is 0 Å². The van der Waals surface area contributed by atoms with Crippen molar-refractivity contribution < 1.29 is 0 Å². The van der Waals surface area contributed by atoms with Crippen LogP contribution in [0.25, 0.3) is 44.7 Å². The molecule has 1 aromatic heterocycles. The molecule has 9 rings (SSSR count). The van der Waals surface area contributed by atoms with Crippen LogP contribution in [0.1, 0.15) is 22.3 Å². The van der Waals surface area contributed by atoms with Gasteiger partial charge in [-0.25, -0.2) is 9.97 Å². The molecule has 6 aromatic carbocycles. The SMILES string of the molecule is c1ccc(-c2nc(-c3ccc(C45c6ccccc6Sc6cccc(c64)-c4ccccc45)cc3)nc3ccccc23)cc1. The van der Waals surface area contributed by atoms with Crippen LogP contribution in [0.5, 0.6) is 0 Å². The summed E-state index contributed by atoms with van der Waals surface area (Å²) in [6, 6.07) is 52.3. The smallest absolute Gasteiger partial charge is 0.160 e. The lowest BCUT2D eigenvalue weighted by atomic mass is 9.67. The minimum Gasteiger partial charge on any atom is -0.228 e. The van der Waals surface area contributed by atoms with Crippen LogP contribution in [0, 0.1) is 0 Å². The first-order chi connectivity index (χ1) is 20.8. The van der Waals surface area contributed by atoms with E-state index >= 15 is 0 Å². The molecule has 0 saturated heterocycles. The zero-order valence-corrected chi connectivity index (χ0v) is 23.5. The molecule has 2 nitrogen and oxygen atoms in total. The number of benzene rings is 6. The van der Waals surface area contributed by atoms with E-state index in [-0.39, 0.29) is 5.41 Å². The molecular formula is C39H24N2S. The average Bonchev–Trinajstić information content (AvgIpc) is 3.37. The largest absolute Gasteiger partial charge is 0.228 e. The Morgan fingerprint density at radius 3 is 2.05 bits per heavy atom. The van der Waals surface area contributed by atoms with Crippen LogP contribution in [0.3, 0.4) is 0 Å². The lowest BCUT2D eigenvalue weighted by molar-refractivity contribution is 0.724. The molecule has 2 heterocycles. The summed E-state index contributed by atoms with van der Waals surface area (Å²) >= 11 is 1.88. The van der Waals surface area contributed by atoms with Crippen molar-refractivity contribution >= 4 is 22.7 Å². The van der Waals surface area contributed by atoms with Gasteiger partial charge in [-0.1, -0.05) is 139 Å². The summed E-state index contributed by atoms with van der Waals surface area (Å²) in [5, 5.41) is 1.06. The third kappa shape index (κ3) is 3.23. The van der Waals surface area contributed by atoms with Gasteiger partial charge >= 0.3 is 0 Å². The van der Waals surface area contributed by atoms with Crippen LogP contribution in [0.2, 0.25) is 0 Å². The van der Waals surface area contributed by atoms with Gasteiger partial charge in [-0.15, -0.1) is 0 Å². The Labute approximate surface area is 248 Å². The maximum atomic E-state index is 5.12. The molecule has 1 aliphatic heterocycles. The highest BCUT2D eigenvalue weighted by Gasteiger charge is 2.50. The highest BCUT2D eigenvalue weighted by molar-refractivity contribution is 7.99. The maximum Gasteiger partial charge on any atom is 0.160 e. The van der Waals surface area contributed by atoms with Crippen LogP contribution < -0.4 is 0 Å². The second-order valence-electron chi connectivity index (χ2n) is 10.9. The molecule has 7 aromatic rings. The quantitative estimate of drug-likeness (QED) is 0.218. The molecule has 0 amide bonds. The summed E-state index contributed by atoms with van der Waals surface area (Å²) in [7, 11) is 0. The van der Waals surface area contributed by atoms with E-state index < -0.39 is 0 Å². The van der Waals surface area contributed by atoms with E-state index in [2.05, 4.69) is 133 Å². The first-order valence-corrected chi connectivity index (χ1v) is 15.1. The third-order valence-corrected chi connectivity index (χ3v) is 9.90. The maximum absolute atomic E-state index is 5.12. The molecule has 1 atom stereocenters. The Bertz CT molecular complexity index is 2170. The Hall–Kier alpha value is -4.99. The molecule has 196 valence electrons. The van der Waals surface area contributed by atoms with Crippen LogP contribution in [0.4, 0.5) is 0 Å². The Kier molecular flexibility index (Phi) is 5.08. The molecule has 0 bridgehead atoms. The van der Waals surface area contributed by atoms with Crippen LogP contribution in [-0.2, 0) is 5.41 Å². The minimum atomic E-state index is -0.373. The normalized spacial score (nSPS) is 16.1. The zero-order valence-electron chi connectivity index (χ0n) is 22.7. The van der Waals surface area contributed by atoms with Gasteiger partial charge in [0.1, 0.15) is 0 Å². The summed E-state index contributed by atoms with van der Waals surface area (Å²) in [6.45, 7) is 0. The fourth-order valence-corrected chi connectivity index (χ4v) is 8.24. The van der Waals surface area contributed by atoms with E-state index in [9.17, 15) is 0 Å². The highest BCUT2D eigenvalue weighted by atomic mass is 32.2. The number of nitrogens with zero attached hydrogens (tertiary/aromatic N) is 2. The van der Waals surface area contributed by atoms with E-state index in [0.717, 1.165) is 33.5 Å². The first kappa shape index (κ1) is 23.7. The fraction of sp³-hybridized carbons (Fsp3) is 0.0256. The van der Waals surface area contributed by atoms with Gasteiger partial charge in [0.2, 0.25) is 0 Å².